The van der Waals surface area contributed by atoms with Gasteiger partial charge in [-0.2, -0.15) is 8.78 Å². The molecular formula is C26H22F2N6OS. The van der Waals surface area contributed by atoms with Crippen molar-refractivity contribution in [2.45, 2.75) is 31.0 Å². The summed E-state index contributed by atoms with van der Waals surface area (Å²) in [5.41, 5.74) is 11.1. The highest BCUT2D eigenvalue weighted by molar-refractivity contribution is 7.99. The highest BCUT2D eigenvalue weighted by atomic mass is 32.2. The predicted octanol–water partition coefficient (Wildman–Crippen LogP) is 5.18. The second-order valence-corrected chi connectivity index (χ2v) is 9.32. The molecule has 36 heavy (non-hydrogen) atoms. The lowest BCUT2D eigenvalue weighted by Gasteiger charge is -2.13. The molecule has 10 heteroatoms. The first-order chi connectivity index (χ1) is 17.3. The van der Waals surface area contributed by atoms with E-state index in [-0.39, 0.29) is 12.5 Å². The number of rotatable bonds is 6. The molecule has 7 nitrogen and oxygen atoms in total. The van der Waals surface area contributed by atoms with Crippen LogP contribution in [0.2, 0.25) is 0 Å². The lowest BCUT2D eigenvalue weighted by molar-refractivity contribution is 0.252. The molecule has 2 N–H and O–H groups in total. The van der Waals surface area contributed by atoms with Gasteiger partial charge in [0.15, 0.2) is 5.65 Å². The topological polar surface area (TPSA) is 91.1 Å². The zero-order valence-electron chi connectivity index (χ0n) is 19.5. The molecular weight excluding hydrogens is 482 g/mol. The Bertz CT molecular complexity index is 1610. The number of nitrogen functional groups attached to an aromatic ring is 1. The SMILES string of the molecule is Cc1cc(-c2c(-c3ccccc3)nc(N)n3c(=O)n(Cc4ccccc4SC(F)F)nc23)cc(C)n1. The summed E-state index contributed by atoms with van der Waals surface area (Å²) in [7, 11) is 0. The first kappa shape index (κ1) is 23.7. The third kappa shape index (κ3) is 4.47. The van der Waals surface area contributed by atoms with E-state index in [4.69, 9.17) is 5.73 Å². The maximum Gasteiger partial charge on any atom is 0.353 e. The van der Waals surface area contributed by atoms with Gasteiger partial charge in [-0.05, 0) is 43.2 Å². The van der Waals surface area contributed by atoms with Gasteiger partial charge >= 0.3 is 5.69 Å². The molecule has 0 atom stereocenters. The van der Waals surface area contributed by atoms with Crippen LogP contribution in [-0.4, -0.2) is 29.9 Å². The molecule has 0 saturated carbocycles. The van der Waals surface area contributed by atoms with Gasteiger partial charge in [0.1, 0.15) is 0 Å². The summed E-state index contributed by atoms with van der Waals surface area (Å²) in [5, 5.41) is 4.64. The summed E-state index contributed by atoms with van der Waals surface area (Å²) in [6.45, 7) is 3.79. The number of benzene rings is 2. The molecule has 5 rings (SSSR count). The molecule has 0 unspecified atom stereocenters. The molecule has 2 aromatic carbocycles. The van der Waals surface area contributed by atoms with Gasteiger partial charge in [0.25, 0.3) is 5.76 Å². The Hall–Kier alpha value is -4.05. The Kier molecular flexibility index (Phi) is 6.27. The van der Waals surface area contributed by atoms with E-state index in [1.807, 2.05) is 56.3 Å². The van der Waals surface area contributed by atoms with E-state index in [1.54, 1.807) is 24.3 Å². The highest BCUT2D eigenvalue weighted by Gasteiger charge is 2.22. The molecule has 0 fully saturated rings. The lowest BCUT2D eigenvalue weighted by Crippen LogP contribution is -2.24. The van der Waals surface area contributed by atoms with Crippen molar-refractivity contribution in [3.8, 4) is 22.4 Å². The summed E-state index contributed by atoms with van der Waals surface area (Å²) >= 11 is 0.436. The number of hydrogen-bond acceptors (Lipinski definition) is 6. The van der Waals surface area contributed by atoms with Gasteiger partial charge < -0.3 is 5.73 Å². The van der Waals surface area contributed by atoms with Crippen LogP contribution in [-0.2, 0) is 6.54 Å². The Morgan fingerprint density at radius 2 is 1.61 bits per heavy atom. The van der Waals surface area contributed by atoms with E-state index >= 15 is 0 Å². The fourth-order valence-corrected chi connectivity index (χ4v) is 4.89. The number of nitrogens with zero attached hydrogens (tertiary/aromatic N) is 5. The molecule has 5 aromatic rings. The van der Waals surface area contributed by atoms with Crippen LogP contribution >= 0.6 is 11.8 Å². The Labute approximate surface area is 209 Å². The van der Waals surface area contributed by atoms with Crippen LogP contribution in [0.5, 0.6) is 0 Å². The second kappa shape index (κ2) is 9.54. The third-order valence-electron chi connectivity index (χ3n) is 5.68. The number of nitrogens with two attached hydrogens (primary N) is 1. The van der Waals surface area contributed by atoms with E-state index in [1.165, 1.54) is 9.08 Å². The van der Waals surface area contributed by atoms with Gasteiger partial charge in [-0.1, -0.05) is 60.3 Å². The van der Waals surface area contributed by atoms with Crippen LogP contribution in [0.1, 0.15) is 17.0 Å². The van der Waals surface area contributed by atoms with Crippen molar-refractivity contribution in [1.29, 1.82) is 0 Å². The molecule has 0 aliphatic heterocycles. The van der Waals surface area contributed by atoms with Gasteiger partial charge in [0, 0.05) is 21.8 Å². The summed E-state index contributed by atoms with van der Waals surface area (Å²) in [4.78, 5) is 22.9. The molecule has 3 heterocycles. The molecule has 0 saturated heterocycles. The van der Waals surface area contributed by atoms with Gasteiger partial charge in [-0.25, -0.2) is 18.9 Å². The molecule has 182 valence electrons. The number of aromatic nitrogens is 5. The average molecular weight is 505 g/mol. The lowest BCUT2D eigenvalue weighted by atomic mass is 9.99. The van der Waals surface area contributed by atoms with Gasteiger partial charge in [-0.3, -0.25) is 4.98 Å². The first-order valence-corrected chi connectivity index (χ1v) is 12.0. The van der Waals surface area contributed by atoms with Crippen molar-refractivity contribution >= 4 is 23.4 Å². The molecule has 3 aromatic heterocycles. The summed E-state index contributed by atoms with van der Waals surface area (Å²) < 4.78 is 28.7. The van der Waals surface area contributed by atoms with E-state index in [2.05, 4.69) is 15.1 Å². The van der Waals surface area contributed by atoms with Crippen molar-refractivity contribution in [2.75, 3.05) is 5.73 Å². The summed E-state index contributed by atoms with van der Waals surface area (Å²) in [5.74, 6) is -2.59. The number of aryl methyl sites for hydroxylation is 2. The second-order valence-electron chi connectivity index (χ2n) is 8.28. The number of fused-ring (bicyclic) bond motifs is 1. The molecule has 0 radical (unpaired) electrons. The summed E-state index contributed by atoms with van der Waals surface area (Å²) in [6.07, 6.45) is 0. The summed E-state index contributed by atoms with van der Waals surface area (Å²) in [6, 6.07) is 20.1. The highest BCUT2D eigenvalue weighted by Crippen LogP contribution is 2.35. The van der Waals surface area contributed by atoms with Crippen LogP contribution < -0.4 is 11.4 Å². The molecule has 0 aliphatic carbocycles. The fourth-order valence-electron chi connectivity index (χ4n) is 4.26. The zero-order chi connectivity index (χ0) is 25.4. The van der Waals surface area contributed by atoms with Gasteiger partial charge in [0.2, 0.25) is 5.95 Å². The van der Waals surface area contributed by atoms with Crippen molar-refractivity contribution in [2.24, 2.45) is 0 Å². The number of pyridine rings is 1. The Morgan fingerprint density at radius 3 is 2.31 bits per heavy atom. The predicted molar refractivity (Wildman–Crippen MR) is 137 cm³/mol. The van der Waals surface area contributed by atoms with Crippen molar-refractivity contribution in [3.05, 3.63) is 94.2 Å². The normalized spacial score (nSPS) is 11.5. The fraction of sp³-hybridized carbons (Fsp3) is 0.154. The van der Waals surface area contributed by atoms with Gasteiger partial charge in [0.05, 0.1) is 17.8 Å². The van der Waals surface area contributed by atoms with E-state index in [9.17, 15) is 13.6 Å². The zero-order valence-corrected chi connectivity index (χ0v) is 20.3. The number of halogens is 2. The first-order valence-electron chi connectivity index (χ1n) is 11.1. The maximum absolute atomic E-state index is 13.4. The maximum atomic E-state index is 13.4. The van der Waals surface area contributed by atoms with E-state index in [0.29, 0.717) is 39.1 Å². The van der Waals surface area contributed by atoms with Crippen LogP contribution in [0.4, 0.5) is 14.7 Å². The number of thioether (sulfide) groups is 1. The van der Waals surface area contributed by atoms with Crippen LogP contribution in [0.3, 0.4) is 0 Å². The Balaban J connectivity index is 1.77. The minimum absolute atomic E-state index is 0.00432. The number of alkyl halides is 2. The largest absolute Gasteiger partial charge is 0.369 e. The van der Waals surface area contributed by atoms with Gasteiger partial charge in [-0.15, -0.1) is 5.10 Å². The van der Waals surface area contributed by atoms with Crippen LogP contribution in [0.25, 0.3) is 28.0 Å². The molecule has 0 amide bonds. The molecule has 0 bridgehead atoms. The smallest absolute Gasteiger partial charge is 0.353 e. The standard InChI is InChI=1S/C26H22F2N6OS/c1-15-12-19(13-16(2)30-15)21-22(17-8-4-3-5-9-17)31-25(29)34-23(21)32-33(26(34)35)14-18-10-6-7-11-20(18)36-24(27)28/h3-13,24H,14H2,1-2H3,(H2,29,31). The average Bonchev–Trinajstić information content (AvgIpc) is 3.16. The van der Waals surface area contributed by atoms with Crippen LogP contribution in [0, 0.1) is 13.8 Å². The molecule has 0 aliphatic rings. The minimum Gasteiger partial charge on any atom is -0.369 e. The monoisotopic (exact) mass is 504 g/mol. The number of hydrogen-bond donors (Lipinski definition) is 1. The molecule has 0 spiro atoms. The van der Waals surface area contributed by atoms with Crippen molar-refractivity contribution in [3.63, 3.8) is 0 Å². The number of anilines is 1. The quantitative estimate of drug-likeness (QED) is 0.320. The van der Waals surface area contributed by atoms with E-state index in [0.717, 1.165) is 22.5 Å². The minimum atomic E-state index is -2.58. The van der Waals surface area contributed by atoms with Crippen molar-refractivity contribution in [1.82, 2.24) is 24.1 Å². The van der Waals surface area contributed by atoms with Crippen LogP contribution in [0.15, 0.2) is 76.4 Å². The third-order valence-corrected chi connectivity index (χ3v) is 6.51. The Morgan fingerprint density at radius 1 is 0.944 bits per heavy atom. The van der Waals surface area contributed by atoms with Crippen molar-refractivity contribution < 1.29 is 8.78 Å². The van der Waals surface area contributed by atoms with E-state index < -0.39 is 11.4 Å².